The second-order valence-corrected chi connectivity index (χ2v) is 6.41. The van der Waals surface area contributed by atoms with Gasteiger partial charge < -0.3 is 44.5 Å². The predicted molar refractivity (Wildman–Crippen MR) is 66.9 cm³/mol. The summed E-state index contributed by atoms with van der Waals surface area (Å²) in [6.07, 6.45) is -13.5. The molecule has 10 heteroatoms. The van der Waals surface area contributed by atoms with Gasteiger partial charge in [-0.1, -0.05) is 0 Å². The summed E-state index contributed by atoms with van der Waals surface area (Å²) < 4.78 is 36.3. The summed E-state index contributed by atoms with van der Waals surface area (Å²) in [6, 6.07) is 0. The van der Waals surface area contributed by atoms with Crippen LogP contribution in [0.5, 0.6) is 0 Å². The van der Waals surface area contributed by atoms with Crippen LogP contribution in [-0.4, -0.2) is 106 Å². The quantitative estimate of drug-likeness (QED) is 0.330. The maximum Gasteiger partial charge on any atom is 0.187 e. The SMILES string of the molecule is OC[C@H]1O[C@@H]([C@@H](F)[C@]23O[C@H]2[C@@H]2OC[C@H](O2)[C@@H]3O)[C@H](O)[C@@H](O)[C@@H]1O. The number of epoxide rings is 1. The van der Waals surface area contributed by atoms with Gasteiger partial charge in [0.1, 0.15) is 48.8 Å². The molecule has 0 aromatic rings. The zero-order chi connectivity index (χ0) is 16.5. The Kier molecular flexibility index (Phi) is 3.69. The number of fused-ring (bicyclic) bond motifs is 4. The Hall–Kier alpha value is -0.430. The molecule has 4 aliphatic heterocycles. The van der Waals surface area contributed by atoms with Crippen LogP contribution in [0.3, 0.4) is 0 Å². The highest BCUT2D eigenvalue weighted by Gasteiger charge is 2.78. The van der Waals surface area contributed by atoms with Crippen LogP contribution in [0.1, 0.15) is 0 Å². The monoisotopic (exact) mass is 338 g/mol. The van der Waals surface area contributed by atoms with Gasteiger partial charge in [0, 0.05) is 0 Å². The van der Waals surface area contributed by atoms with Crippen molar-refractivity contribution in [1.29, 1.82) is 0 Å². The van der Waals surface area contributed by atoms with Gasteiger partial charge >= 0.3 is 0 Å². The van der Waals surface area contributed by atoms with E-state index in [2.05, 4.69) is 0 Å². The predicted octanol–water partition coefficient (Wildman–Crippen LogP) is -3.58. The van der Waals surface area contributed by atoms with Crippen LogP contribution in [0, 0.1) is 0 Å². The second kappa shape index (κ2) is 5.28. The van der Waals surface area contributed by atoms with Crippen LogP contribution in [-0.2, 0) is 18.9 Å². The van der Waals surface area contributed by atoms with Crippen molar-refractivity contribution in [3.63, 3.8) is 0 Å². The molecule has 2 bridgehead atoms. The van der Waals surface area contributed by atoms with Crippen molar-refractivity contribution in [2.45, 2.75) is 66.9 Å². The molecule has 0 spiro atoms. The summed E-state index contributed by atoms with van der Waals surface area (Å²) in [5.74, 6) is 0. The third-order valence-electron chi connectivity index (χ3n) is 5.16. The molecule has 0 unspecified atom stereocenters. The van der Waals surface area contributed by atoms with Gasteiger partial charge in [-0.25, -0.2) is 4.39 Å². The topological polar surface area (TPSA) is 141 Å². The van der Waals surface area contributed by atoms with Crippen molar-refractivity contribution in [3.8, 4) is 0 Å². The van der Waals surface area contributed by atoms with Gasteiger partial charge in [-0.3, -0.25) is 0 Å². The third kappa shape index (κ3) is 2.04. The van der Waals surface area contributed by atoms with Gasteiger partial charge in [0.2, 0.25) is 0 Å². The first-order chi connectivity index (χ1) is 10.9. The standard InChI is InChI=1S/C13H19FO9/c14-9(8-7(18)6(17)5(16)3(1-15)21-8)13-10(19)4-2-20-12(22-4)11(13)23-13/h3-12,15-19H,1-2H2/t3-,4+,5-,6+,7-,8-,9-,10+,11+,12-,13-/m1/s1. The van der Waals surface area contributed by atoms with E-state index in [1.165, 1.54) is 0 Å². The number of hydrogen-bond acceptors (Lipinski definition) is 9. The molecule has 9 nitrogen and oxygen atoms in total. The smallest absolute Gasteiger partial charge is 0.187 e. The highest BCUT2D eigenvalue weighted by atomic mass is 19.1. The van der Waals surface area contributed by atoms with Crippen LogP contribution < -0.4 is 0 Å². The summed E-state index contributed by atoms with van der Waals surface area (Å²) in [4.78, 5) is 0. The summed E-state index contributed by atoms with van der Waals surface area (Å²) >= 11 is 0. The molecule has 4 fully saturated rings. The molecule has 0 aromatic heterocycles. The molecular weight excluding hydrogens is 319 g/mol. The second-order valence-electron chi connectivity index (χ2n) is 6.41. The van der Waals surface area contributed by atoms with Crippen molar-refractivity contribution in [2.24, 2.45) is 0 Å². The lowest BCUT2D eigenvalue weighted by molar-refractivity contribution is -0.252. The number of hydrogen-bond donors (Lipinski definition) is 5. The first-order valence-corrected chi connectivity index (χ1v) is 7.49. The van der Waals surface area contributed by atoms with E-state index in [0.717, 1.165) is 0 Å². The van der Waals surface area contributed by atoms with E-state index in [4.69, 9.17) is 18.9 Å². The lowest BCUT2D eigenvalue weighted by atomic mass is 9.81. The molecule has 0 saturated carbocycles. The molecule has 5 N–H and O–H groups in total. The fourth-order valence-electron chi connectivity index (χ4n) is 3.76. The van der Waals surface area contributed by atoms with Gasteiger partial charge in [0.15, 0.2) is 18.1 Å². The van der Waals surface area contributed by atoms with E-state index in [1.807, 2.05) is 0 Å². The molecular formula is C13H19FO9. The minimum absolute atomic E-state index is 0.106. The van der Waals surface area contributed by atoms with E-state index in [1.54, 1.807) is 0 Å². The van der Waals surface area contributed by atoms with E-state index in [9.17, 15) is 25.5 Å². The Labute approximate surface area is 130 Å². The molecule has 4 aliphatic rings. The van der Waals surface area contributed by atoms with E-state index in [-0.39, 0.29) is 6.61 Å². The Morgan fingerprint density at radius 2 is 1.83 bits per heavy atom. The average molecular weight is 338 g/mol. The van der Waals surface area contributed by atoms with E-state index < -0.39 is 73.5 Å². The van der Waals surface area contributed by atoms with E-state index in [0.29, 0.717) is 0 Å². The van der Waals surface area contributed by atoms with Gasteiger partial charge in [0.05, 0.1) is 13.2 Å². The Balaban J connectivity index is 1.58. The number of aliphatic hydroxyl groups is 5. The first kappa shape index (κ1) is 16.1. The Morgan fingerprint density at radius 1 is 1.09 bits per heavy atom. The fraction of sp³-hybridized carbons (Fsp3) is 1.00. The van der Waals surface area contributed by atoms with Crippen molar-refractivity contribution in [2.75, 3.05) is 13.2 Å². The number of ether oxygens (including phenoxy) is 4. The molecule has 0 amide bonds. The van der Waals surface area contributed by atoms with Gasteiger partial charge in [-0.05, 0) is 0 Å². The van der Waals surface area contributed by atoms with E-state index >= 15 is 4.39 Å². The number of aliphatic hydroxyl groups excluding tert-OH is 5. The summed E-state index contributed by atoms with van der Waals surface area (Å²) in [6.45, 7) is -0.555. The van der Waals surface area contributed by atoms with Gasteiger partial charge in [-0.15, -0.1) is 0 Å². The maximum atomic E-state index is 15.1. The Bertz CT molecular complexity index is 478. The summed E-state index contributed by atoms with van der Waals surface area (Å²) in [5.41, 5.74) is -1.66. The van der Waals surface area contributed by atoms with Crippen molar-refractivity contribution in [3.05, 3.63) is 0 Å². The normalized spacial score (nSPS) is 59.5. The van der Waals surface area contributed by atoms with Crippen LogP contribution in [0.25, 0.3) is 0 Å². The lowest BCUT2D eigenvalue weighted by Gasteiger charge is -2.43. The number of alkyl halides is 1. The molecule has 11 atom stereocenters. The molecule has 23 heavy (non-hydrogen) atoms. The molecule has 4 saturated heterocycles. The number of halogens is 1. The zero-order valence-electron chi connectivity index (χ0n) is 11.9. The lowest BCUT2D eigenvalue weighted by Crippen LogP contribution is -2.65. The zero-order valence-corrected chi connectivity index (χ0v) is 11.9. The van der Waals surface area contributed by atoms with Crippen molar-refractivity contribution in [1.82, 2.24) is 0 Å². The van der Waals surface area contributed by atoms with Crippen molar-refractivity contribution < 1.29 is 48.9 Å². The van der Waals surface area contributed by atoms with Crippen LogP contribution in [0.2, 0.25) is 0 Å². The van der Waals surface area contributed by atoms with Crippen LogP contribution in [0.15, 0.2) is 0 Å². The number of rotatable bonds is 3. The third-order valence-corrected chi connectivity index (χ3v) is 5.16. The van der Waals surface area contributed by atoms with Crippen LogP contribution >= 0.6 is 0 Å². The summed E-state index contributed by atoms with van der Waals surface area (Å²) in [7, 11) is 0. The fourth-order valence-corrected chi connectivity index (χ4v) is 3.76. The molecule has 4 rings (SSSR count). The molecule has 0 aliphatic carbocycles. The highest BCUT2D eigenvalue weighted by Crippen LogP contribution is 2.55. The highest BCUT2D eigenvalue weighted by molar-refractivity contribution is 5.22. The largest absolute Gasteiger partial charge is 0.394 e. The minimum atomic E-state index is -2.01. The average Bonchev–Trinajstić information content (AvgIpc) is 3.17. The maximum absolute atomic E-state index is 15.1. The molecule has 4 heterocycles. The van der Waals surface area contributed by atoms with Crippen molar-refractivity contribution >= 4 is 0 Å². The summed E-state index contributed by atoms with van der Waals surface area (Å²) in [5, 5.41) is 49.1. The van der Waals surface area contributed by atoms with Gasteiger partial charge in [0.25, 0.3) is 0 Å². The minimum Gasteiger partial charge on any atom is -0.394 e. The van der Waals surface area contributed by atoms with Crippen LogP contribution in [0.4, 0.5) is 4.39 Å². The van der Waals surface area contributed by atoms with Gasteiger partial charge in [-0.2, -0.15) is 0 Å². The molecule has 0 aromatic carbocycles. The molecule has 0 radical (unpaired) electrons. The Morgan fingerprint density at radius 3 is 2.52 bits per heavy atom. The first-order valence-electron chi connectivity index (χ1n) is 7.49. The molecule has 132 valence electrons.